The van der Waals surface area contributed by atoms with Crippen LogP contribution in [-0.4, -0.2) is 45.7 Å². The lowest BCUT2D eigenvalue weighted by atomic mass is 10.0. The highest BCUT2D eigenvalue weighted by atomic mass is 35.5. The van der Waals surface area contributed by atoms with Crippen molar-refractivity contribution >= 4 is 23.2 Å². The van der Waals surface area contributed by atoms with Crippen LogP contribution in [0.25, 0.3) is 11.5 Å². The average molecular weight is 446 g/mol. The van der Waals surface area contributed by atoms with Crippen molar-refractivity contribution in [1.29, 1.82) is 0 Å². The van der Waals surface area contributed by atoms with Gasteiger partial charge < -0.3 is 9.84 Å². The van der Waals surface area contributed by atoms with Crippen LogP contribution in [0.2, 0.25) is 10.0 Å². The second-order valence-corrected chi connectivity index (χ2v) is 8.40. The Hall–Kier alpha value is -1.99. The van der Waals surface area contributed by atoms with Crippen LogP contribution in [0.3, 0.4) is 0 Å². The van der Waals surface area contributed by atoms with Gasteiger partial charge in [-0.05, 0) is 68.7 Å². The molecule has 3 heterocycles. The second-order valence-electron chi connectivity index (χ2n) is 7.58. The van der Waals surface area contributed by atoms with Crippen LogP contribution in [0.15, 0.2) is 47.1 Å². The molecule has 30 heavy (non-hydrogen) atoms. The summed E-state index contributed by atoms with van der Waals surface area (Å²) in [5.41, 5.74) is 1.94. The van der Waals surface area contributed by atoms with Gasteiger partial charge in [0, 0.05) is 25.2 Å². The summed E-state index contributed by atoms with van der Waals surface area (Å²) in [4.78, 5) is 11.1. The highest BCUT2D eigenvalue weighted by molar-refractivity contribution is 6.42. The normalized spacial score (nSPS) is 15.5. The molecule has 0 radical (unpaired) electrons. The fraction of sp³-hybridized carbons (Fsp3) is 0.409. The van der Waals surface area contributed by atoms with Gasteiger partial charge >= 0.3 is 0 Å². The van der Waals surface area contributed by atoms with Crippen LogP contribution >= 0.6 is 23.2 Å². The van der Waals surface area contributed by atoms with Crippen LogP contribution < -0.4 is 5.32 Å². The van der Waals surface area contributed by atoms with Crippen molar-refractivity contribution in [1.82, 2.24) is 25.3 Å². The molecule has 1 fully saturated rings. The van der Waals surface area contributed by atoms with Crippen LogP contribution in [0.5, 0.6) is 0 Å². The van der Waals surface area contributed by atoms with Crippen molar-refractivity contribution in [2.75, 3.05) is 19.6 Å². The van der Waals surface area contributed by atoms with E-state index in [0.29, 0.717) is 27.8 Å². The highest BCUT2D eigenvalue weighted by Gasteiger charge is 2.19. The Balaban J connectivity index is 1.14. The molecule has 0 amide bonds. The summed E-state index contributed by atoms with van der Waals surface area (Å²) in [6.45, 7) is 4.02. The van der Waals surface area contributed by atoms with Crippen molar-refractivity contribution in [2.24, 2.45) is 0 Å². The molecule has 6 nitrogen and oxygen atoms in total. The first-order valence-electron chi connectivity index (χ1n) is 10.3. The average Bonchev–Trinajstić information content (AvgIpc) is 3.25. The second kappa shape index (κ2) is 10.4. The van der Waals surface area contributed by atoms with Gasteiger partial charge in [-0.2, -0.15) is 4.98 Å². The smallest absolute Gasteiger partial charge is 0.227 e. The van der Waals surface area contributed by atoms with Gasteiger partial charge in [-0.25, -0.2) is 0 Å². The molecule has 2 aromatic heterocycles. The van der Waals surface area contributed by atoms with Crippen LogP contribution in [0.4, 0.5) is 0 Å². The first-order valence-corrected chi connectivity index (χ1v) is 11.1. The SMILES string of the molecule is Clc1ccc(CN2CCC(NCCCc3nc(-c4ccccn4)no3)CC2)cc1Cl. The number of likely N-dealkylation sites (tertiary alicyclic amines) is 1. The van der Waals surface area contributed by atoms with Crippen LogP contribution in [-0.2, 0) is 13.0 Å². The number of rotatable bonds is 8. The predicted octanol–water partition coefficient (Wildman–Crippen LogP) is 4.63. The van der Waals surface area contributed by atoms with Crippen molar-refractivity contribution in [2.45, 2.75) is 38.3 Å². The first-order chi connectivity index (χ1) is 14.7. The summed E-state index contributed by atoms with van der Waals surface area (Å²) in [5, 5.41) is 8.91. The highest BCUT2D eigenvalue weighted by Crippen LogP contribution is 2.24. The molecule has 1 saturated heterocycles. The van der Waals surface area contributed by atoms with Gasteiger partial charge in [0.15, 0.2) is 0 Å². The minimum absolute atomic E-state index is 0.549. The van der Waals surface area contributed by atoms with E-state index in [4.69, 9.17) is 27.7 Å². The minimum atomic E-state index is 0.549. The molecule has 1 aromatic carbocycles. The molecule has 0 unspecified atom stereocenters. The van der Waals surface area contributed by atoms with Gasteiger partial charge in [0.1, 0.15) is 5.69 Å². The van der Waals surface area contributed by atoms with E-state index in [9.17, 15) is 0 Å². The monoisotopic (exact) mass is 445 g/mol. The minimum Gasteiger partial charge on any atom is -0.339 e. The lowest BCUT2D eigenvalue weighted by Gasteiger charge is -2.32. The topological polar surface area (TPSA) is 67.1 Å². The van der Waals surface area contributed by atoms with E-state index in [1.807, 2.05) is 30.3 Å². The number of aromatic nitrogens is 3. The Kier molecular flexibility index (Phi) is 7.33. The molecule has 0 spiro atoms. The molecule has 3 aromatic rings. The van der Waals surface area contributed by atoms with Crippen LogP contribution in [0, 0.1) is 0 Å². The summed E-state index contributed by atoms with van der Waals surface area (Å²) in [5.74, 6) is 1.21. The molecule has 1 N–H and O–H groups in total. The maximum absolute atomic E-state index is 6.12. The number of benzene rings is 1. The Labute approximate surface area is 186 Å². The standard InChI is InChI=1S/C22H25Cl2N5O/c23-18-7-6-16(14-19(18)24)15-29-12-8-17(9-13-29)25-11-3-5-21-27-22(28-30-21)20-4-1-2-10-26-20/h1-2,4,6-7,10,14,17,25H,3,5,8-9,11-13,15H2. The third-order valence-corrected chi connectivity index (χ3v) is 6.08. The summed E-state index contributed by atoms with van der Waals surface area (Å²) in [6.07, 6.45) is 5.75. The summed E-state index contributed by atoms with van der Waals surface area (Å²) in [6, 6.07) is 12.1. The fourth-order valence-electron chi connectivity index (χ4n) is 3.69. The molecule has 0 atom stereocenters. The van der Waals surface area contributed by atoms with E-state index in [2.05, 4.69) is 31.4 Å². The van der Waals surface area contributed by atoms with Crippen molar-refractivity contribution in [3.05, 3.63) is 64.1 Å². The molecule has 4 rings (SSSR count). The lowest BCUT2D eigenvalue weighted by Crippen LogP contribution is -2.42. The molecule has 1 aliphatic rings. The molecular formula is C22H25Cl2N5O. The molecule has 0 aliphatic carbocycles. The molecule has 1 aliphatic heterocycles. The number of nitrogens with one attached hydrogen (secondary N) is 1. The summed E-state index contributed by atoms with van der Waals surface area (Å²) >= 11 is 12.1. The van der Waals surface area contributed by atoms with Crippen LogP contribution in [0.1, 0.15) is 30.7 Å². The van der Waals surface area contributed by atoms with E-state index in [-0.39, 0.29) is 0 Å². The Morgan fingerprint density at radius 1 is 1.10 bits per heavy atom. The zero-order valence-electron chi connectivity index (χ0n) is 16.7. The number of halogens is 2. The number of hydrogen-bond donors (Lipinski definition) is 1. The number of pyridine rings is 1. The summed E-state index contributed by atoms with van der Waals surface area (Å²) in [7, 11) is 0. The van der Waals surface area contributed by atoms with E-state index in [1.54, 1.807) is 6.20 Å². The quantitative estimate of drug-likeness (QED) is 0.509. The Bertz CT molecular complexity index is 942. The van der Waals surface area contributed by atoms with E-state index < -0.39 is 0 Å². The third kappa shape index (κ3) is 5.79. The van der Waals surface area contributed by atoms with E-state index in [0.717, 1.165) is 57.6 Å². The van der Waals surface area contributed by atoms with Gasteiger partial charge in [-0.1, -0.05) is 40.5 Å². The van der Waals surface area contributed by atoms with Crippen molar-refractivity contribution in [3.8, 4) is 11.5 Å². The summed E-state index contributed by atoms with van der Waals surface area (Å²) < 4.78 is 5.34. The maximum atomic E-state index is 6.12. The van der Waals surface area contributed by atoms with Crippen molar-refractivity contribution < 1.29 is 4.52 Å². The van der Waals surface area contributed by atoms with E-state index >= 15 is 0 Å². The molecule has 158 valence electrons. The fourth-order valence-corrected chi connectivity index (χ4v) is 4.01. The Morgan fingerprint density at radius 2 is 1.97 bits per heavy atom. The predicted molar refractivity (Wildman–Crippen MR) is 119 cm³/mol. The zero-order chi connectivity index (χ0) is 20.8. The zero-order valence-corrected chi connectivity index (χ0v) is 18.2. The molecular weight excluding hydrogens is 421 g/mol. The third-order valence-electron chi connectivity index (χ3n) is 5.34. The van der Waals surface area contributed by atoms with Gasteiger partial charge in [-0.3, -0.25) is 9.88 Å². The van der Waals surface area contributed by atoms with Gasteiger partial charge in [-0.15, -0.1) is 0 Å². The van der Waals surface area contributed by atoms with Gasteiger partial charge in [0.25, 0.3) is 0 Å². The maximum Gasteiger partial charge on any atom is 0.227 e. The number of nitrogens with zero attached hydrogens (tertiary/aromatic N) is 4. The number of hydrogen-bond acceptors (Lipinski definition) is 6. The first kappa shape index (κ1) is 21.2. The number of piperidine rings is 1. The molecule has 0 saturated carbocycles. The molecule has 8 heteroatoms. The van der Waals surface area contributed by atoms with E-state index in [1.165, 1.54) is 5.56 Å². The molecule has 0 bridgehead atoms. The van der Waals surface area contributed by atoms with Gasteiger partial charge in [0.05, 0.1) is 10.0 Å². The van der Waals surface area contributed by atoms with Crippen molar-refractivity contribution in [3.63, 3.8) is 0 Å². The number of aryl methyl sites for hydroxylation is 1. The largest absolute Gasteiger partial charge is 0.339 e. The Morgan fingerprint density at radius 3 is 2.73 bits per heavy atom. The lowest BCUT2D eigenvalue weighted by molar-refractivity contribution is 0.190. The van der Waals surface area contributed by atoms with Gasteiger partial charge in [0.2, 0.25) is 11.7 Å².